The van der Waals surface area contributed by atoms with Crippen LogP contribution in [0.25, 0.3) is 0 Å². The SMILES string of the molecule is CCOc1ccc(SCC(=O)N2CCCC(C(=O)NC3CC3)C2)cc1. The number of likely N-dealkylation sites (tertiary alicyclic amines) is 1. The number of hydrogen-bond donors (Lipinski definition) is 1. The summed E-state index contributed by atoms with van der Waals surface area (Å²) >= 11 is 1.53. The summed E-state index contributed by atoms with van der Waals surface area (Å²) < 4.78 is 5.43. The van der Waals surface area contributed by atoms with Crippen molar-refractivity contribution < 1.29 is 14.3 Å². The highest BCUT2D eigenvalue weighted by molar-refractivity contribution is 8.00. The van der Waals surface area contributed by atoms with E-state index in [9.17, 15) is 9.59 Å². The monoisotopic (exact) mass is 362 g/mol. The first-order valence-corrected chi connectivity index (χ1v) is 10.1. The molecule has 0 aromatic heterocycles. The van der Waals surface area contributed by atoms with Gasteiger partial charge in [-0.15, -0.1) is 11.8 Å². The van der Waals surface area contributed by atoms with Crippen molar-refractivity contribution >= 4 is 23.6 Å². The van der Waals surface area contributed by atoms with Gasteiger partial charge in [-0.2, -0.15) is 0 Å². The second-order valence-corrected chi connectivity index (χ2v) is 7.70. The molecule has 3 rings (SSSR count). The molecule has 0 spiro atoms. The minimum atomic E-state index is -0.0474. The molecule has 1 saturated heterocycles. The van der Waals surface area contributed by atoms with E-state index in [1.807, 2.05) is 36.1 Å². The number of nitrogens with zero attached hydrogens (tertiary/aromatic N) is 1. The first-order chi connectivity index (χ1) is 12.2. The highest BCUT2D eigenvalue weighted by Gasteiger charge is 2.31. The predicted molar refractivity (Wildman–Crippen MR) is 98.8 cm³/mol. The summed E-state index contributed by atoms with van der Waals surface area (Å²) in [5.41, 5.74) is 0. The zero-order valence-corrected chi connectivity index (χ0v) is 15.5. The molecule has 1 saturated carbocycles. The fourth-order valence-electron chi connectivity index (χ4n) is 3.00. The van der Waals surface area contributed by atoms with Crippen molar-refractivity contribution in [3.8, 4) is 5.75 Å². The first-order valence-electron chi connectivity index (χ1n) is 9.09. The molecule has 0 radical (unpaired) electrons. The Morgan fingerprint density at radius 3 is 2.68 bits per heavy atom. The Hall–Kier alpha value is -1.69. The lowest BCUT2D eigenvalue weighted by molar-refractivity contribution is -0.133. The van der Waals surface area contributed by atoms with Crippen molar-refractivity contribution in [3.63, 3.8) is 0 Å². The third-order valence-corrected chi connectivity index (χ3v) is 5.56. The summed E-state index contributed by atoms with van der Waals surface area (Å²) in [6.45, 7) is 3.92. The summed E-state index contributed by atoms with van der Waals surface area (Å²) in [5, 5.41) is 3.06. The molecule has 6 heteroatoms. The topological polar surface area (TPSA) is 58.6 Å². The molecule has 136 valence electrons. The summed E-state index contributed by atoms with van der Waals surface area (Å²) in [6, 6.07) is 8.19. The summed E-state index contributed by atoms with van der Waals surface area (Å²) in [7, 11) is 0. The van der Waals surface area contributed by atoms with Crippen LogP contribution in [0.3, 0.4) is 0 Å². The van der Waals surface area contributed by atoms with E-state index in [1.54, 1.807) is 0 Å². The van der Waals surface area contributed by atoms with E-state index >= 15 is 0 Å². The third-order valence-electron chi connectivity index (χ3n) is 4.57. The van der Waals surface area contributed by atoms with Crippen LogP contribution in [-0.2, 0) is 9.59 Å². The van der Waals surface area contributed by atoms with Gasteiger partial charge >= 0.3 is 0 Å². The molecule has 2 fully saturated rings. The van der Waals surface area contributed by atoms with Gasteiger partial charge in [0.1, 0.15) is 5.75 Å². The van der Waals surface area contributed by atoms with E-state index in [2.05, 4.69) is 5.32 Å². The smallest absolute Gasteiger partial charge is 0.232 e. The number of nitrogens with one attached hydrogen (secondary N) is 1. The van der Waals surface area contributed by atoms with Crippen LogP contribution >= 0.6 is 11.8 Å². The molecular formula is C19H26N2O3S. The van der Waals surface area contributed by atoms with Gasteiger partial charge in [0.25, 0.3) is 0 Å². The van der Waals surface area contributed by atoms with Crippen molar-refractivity contribution in [2.24, 2.45) is 5.92 Å². The zero-order valence-electron chi connectivity index (χ0n) is 14.7. The number of rotatable bonds is 7. The lowest BCUT2D eigenvalue weighted by Crippen LogP contribution is -2.46. The molecule has 1 N–H and O–H groups in total. The molecule has 1 atom stereocenters. The molecule has 1 heterocycles. The lowest BCUT2D eigenvalue weighted by Gasteiger charge is -2.32. The number of hydrogen-bond acceptors (Lipinski definition) is 4. The number of carbonyl (C=O) groups is 2. The van der Waals surface area contributed by atoms with E-state index in [-0.39, 0.29) is 17.7 Å². The standard InChI is InChI=1S/C19H26N2O3S/c1-2-24-16-7-9-17(10-8-16)25-13-18(22)21-11-3-4-14(12-21)19(23)20-15-5-6-15/h7-10,14-15H,2-6,11-13H2,1H3,(H,20,23). The molecule has 1 aliphatic carbocycles. The van der Waals surface area contributed by atoms with Crippen LogP contribution in [0.15, 0.2) is 29.2 Å². The molecular weight excluding hydrogens is 336 g/mol. The van der Waals surface area contributed by atoms with Gasteiger partial charge in [-0.1, -0.05) is 0 Å². The molecule has 2 aliphatic rings. The van der Waals surface area contributed by atoms with E-state index in [1.165, 1.54) is 11.8 Å². The molecule has 5 nitrogen and oxygen atoms in total. The fraction of sp³-hybridized carbons (Fsp3) is 0.579. The van der Waals surface area contributed by atoms with E-state index < -0.39 is 0 Å². The van der Waals surface area contributed by atoms with E-state index in [4.69, 9.17) is 4.74 Å². The van der Waals surface area contributed by atoms with Crippen molar-refractivity contribution in [3.05, 3.63) is 24.3 Å². The van der Waals surface area contributed by atoms with E-state index in [0.29, 0.717) is 24.9 Å². The quantitative estimate of drug-likeness (QED) is 0.758. The van der Waals surface area contributed by atoms with Gasteiger partial charge in [-0.3, -0.25) is 9.59 Å². The number of piperidine rings is 1. The largest absolute Gasteiger partial charge is 0.494 e. The van der Waals surface area contributed by atoms with Gasteiger partial charge < -0.3 is 15.0 Å². The Morgan fingerprint density at radius 1 is 1.24 bits per heavy atom. The van der Waals surface area contributed by atoms with Crippen LogP contribution in [0, 0.1) is 5.92 Å². The second kappa shape index (κ2) is 8.61. The minimum absolute atomic E-state index is 0.0474. The molecule has 1 aromatic carbocycles. The summed E-state index contributed by atoms with van der Waals surface area (Å²) in [5.74, 6) is 1.44. The predicted octanol–water partition coefficient (Wildman–Crippen LogP) is 2.69. The van der Waals surface area contributed by atoms with Crippen LogP contribution < -0.4 is 10.1 Å². The van der Waals surface area contributed by atoms with Crippen molar-refractivity contribution in [2.75, 3.05) is 25.4 Å². The fourth-order valence-corrected chi connectivity index (χ4v) is 3.80. The van der Waals surface area contributed by atoms with Gasteiger partial charge in [0.15, 0.2) is 0 Å². The van der Waals surface area contributed by atoms with Crippen LogP contribution in [0.2, 0.25) is 0 Å². The number of ether oxygens (including phenoxy) is 1. The van der Waals surface area contributed by atoms with Crippen LogP contribution in [0.1, 0.15) is 32.6 Å². The molecule has 2 amide bonds. The van der Waals surface area contributed by atoms with Crippen molar-refractivity contribution in [1.29, 1.82) is 0 Å². The summed E-state index contributed by atoms with van der Waals surface area (Å²) in [6.07, 6.45) is 3.98. The van der Waals surface area contributed by atoms with Gasteiger partial charge in [-0.05, 0) is 56.9 Å². The first kappa shape index (κ1) is 18.1. The summed E-state index contributed by atoms with van der Waals surface area (Å²) in [4.78, 5) is 27.6. The zero-order chi connectivity index (χ0) is 17.6. The van der Waals surface area contributed by atoms with Crippen LogP contribution in [0.4, 0.5) is 0 Å². The molecule has 0 bridgehead atoms. The lowest BCUT2D eigenvalue weighted by atomic mass is 9.97. The maximum absolute atomic E-state index is 12.5. The van der Waals surface area contributed by atoms with Crippen LogP contribution in [0.5, 0.6) is 5.75 Å². The number of thioether (sulfide) groups is 1. The van der Waals surface area contributed by atoms with Crippen molar-refractivity contribution in [2.45, 2.75) is 43.5 Å². The van der Waals surface area contributed by atoms with Gasteiger partial charge in [0.05, 0.1) is 18.3 Å². The average Bonchev–Trinajstić information content (AvgIpc) is 3.45. The Morgan fingerprint density at radius 2 is 2.00 bits per heavy atom. The third kappa shape index (κ3) is 5.39. The number of amides is 2. The number of benzene rings is 1. The Kier molecular flexibility index (Phi) is 6.24. The van der Waals surface area contributed by atoms with Gasteiger partial charge in [0.2, 0.25) is 11.8 Å². The highest BCUT2D eigenvalue weighted by Crippen LogP contribution is 2.24. The Bertz CT molecular complexity index is 601. The molecule has 1 aromatic rings. The second-order valence-electron chi connectivity index (χ2n) is 6.65. The van der Waals surface area contributed by atoms with Crippen molar-refractivity contribution in [1.82, 2.24) is 10.2 Å². The molecule has 1 aliphatic heterocycles. The maximum atomic E-state index is 12.5. The van der Waals surface area contributed by atoms with Gasteiger partial charge in [-0.25, -0.2) is 0 Å². The Balaban J connectivity index is 1.45. The highest BCUT2D eigenvalue weighted by atomic mass is 32.2. The van der Waals surface area contributed by atoms with Crippen LogP contribution in [-0.4, -0.2) is 48.2 Å². The average molecular weight is 362 g/mol. The number of carbonyl (C=O) groups excluding carboxylic acids is 2. The molecule has 1 unspecified atom stereocenters. The Labute approximate surface area is 153 Å². The van der Waals surface area contributed by atoms with Gasteiger partial charge in [0, 0.05) is 24.0 Å². The molecule has 25 heavy (non-hydrogen) atoms. The minimum Gasteiger partial charge on any atom is -0.494 e. The normalized spacial score (nSPS) is 20.2. The maximum Gasteiger partial charge on any atom is 0.232 e. The van der Waals surface area contributed by atoms with E-state index in [0.717, 1.165) is 42.9 Å².